The predicted molar refractivity (Wildman–Crippen MR) is 107 cm³/mol. The molecule has 0 unspecified atom stereocenters. The van der Waals surface area contributed by atoms with Crippen molar-refractivity contribution in [2.45, 2.75) is 38.6 Å². The number of halogens is 1. The summed E-state index contributed by atoms with van der Waals surface area (Å²) in [6, 6.07) is 12.1. The van der Waals surface area contributed by atoms with Crippen LogP contribution in [0.3, 0.4) is 0 Å². The van der Waals surface area contributed by atoms with Gasteiger partial charge in [-0.3, -0.25) is 9.59 Å². The fourth-order valence-electron chi connectivity index (χ4n) is 3.35. The lowest BCUT2D eigenvalue weighted by atomic mass is 10.1. The van der Waals surface area contributed by atoms with Crippen molar-refractivity contribution in [3.8, 4) is 0 Å². The first-order chi connectivity index (χ1) is 13.5. The van der Waals surface area contributed by atoms with Crippen LogP contribution in [0.4, 0.5) is 10.1 Å². The monoisotopic (exact) mass is 379 g/mol. The second kappa shape index (κ2) is 7.46. The number of hydrogen-bond acceptors (Lipinski definition) is 2. The normalized spacial score (nSPS) is 13.5. The van der Waals surface area contributed by atoms with Crippen molar-refractivity contribution < 1.29 is 14.0 Å². The third kappa shape index (κ3) is 4.22. The van der Waals surface area contributed by atoms with Crippen LogP contribution in [0.15, 0.2) is 42.5 Å². The third-order valence-corrected chi connectivity index (χ3v) is 4.96. The van der Waals surface area contributed by atoms with Gasteiger partial charge < -0.3 is 15.6 Å². The number of aromatic amines is 1. The van der Waals surface area contributed by atoms with Crippen LogP contribution in [0, 0.1) is 12.7 Å². The van der Waals surface area contributed by atoms with E-state index in [0.29, 0.717) is 18.2 Å². The Morgan fingerprint density at radius 1 is 1.07 bits per heavy atom. The first-order valence-corrected chi connectivity index (χ1v) is 9.43. The topological polar surface area (TPSA) is 74.0 Å². The van der Waals surface area contributed by atoms with Gasteiger partial charge in [0.1, 0.15) is 5.82 Å². The Balaban J connectivity index is 1.39. The number of H-pyrrole nitrogens is 1. The van der Waals surface area contributed by atoms with Gasteiger partial charge in [0.25, 0.3) is 0 Å². The minimum Gasteiger partial charge on any atom is -0.358 e. The van der Waals surface area contributed by atoms with Crippen molar-refractivity contribution >= 4 is 28.4 Å². The van der Waals surface area contributed by atoms with E-state index < -0.39 is 0 Å². The van der Waals surface area contributed by atoms with Crippen LogP contribution in [-0.4, -0.2) is 22.8 Å². The summed E-state index contributed by atoms with van der Waals surface area (Å²) < 4.78 is 13.6. The highest BCUT2D eigenvalue weighted by Crippen LogP contribution is 2.24. The SMILES string of the molecule is Cc1[nH]c2ccc(F)cc2c1CC(=O)Nc1ccc(CC(=O)NC2CC2)cc1. The smallest absolute Gasteiger partial charge is 0.228 e. The average Bonchev–Trinajstić information content (AvgIpc) is 3.41. The molecule has 0 aliphatic heterocycles. The van der Waals surface area contributed by atoms with Gasteiger partial charge in [0.15, 0.2) is 0 Å². The van der Waals surface area contributed by atoms with Gasteiger partial charge in [-0.05, 0) is 61.2 Å². The van der Waals surface area contributed by atoms with E-state index in [0.717, 1.165) is 40.6 Å². The maximum Gasteiger partial charge on any atom is 0.228 e. The Morgan fingerprint density at radius 3 is 2.54 bits per heavy atom. The number of fused-ring (bicyclic) bond motifs is 1. The van der Waals surface area contributed by atoms with Crippen molar-refractivity contribution in [1.29, 1.82) is 0 Å². The molecule has 1 aliphatic rings. The Bertz CT molecular complexity index is 1040. The molecular formula is C22H22FN3O2. The molecule has 144 valence electrons. The highest BCUT2D eigenvalue weighted by molar-refractivity contribution is 5.96. The van der Waals surface area contributed by atoms with Crippen LogP contribution < -0.4 is 10.6 Å². The van der Waals surface area contributed by atoms with E-state index in [2.05, 4.69) is 15.6 Å². The molecule has 0 saturated heterocycles. The predicted octanol–water partition coefficient (Wildman–Crippen LogP) is 3.62. The van der Waals surface area contributed by atoms with Gasteiger partial charge >= 0.3 is 0 Å². The molecule has 2 amide bonds. The number of nitrogens with one attached hydrogen (secondary N) is 3. The molecule has 4 rings (SSSR count). The zero-order valence-corrected chi connectivity index (χ0v) is 15.6. The largest absolute Gasteiger partial charge is 0.358 e. The number of rotatable bonds is 6. The molecule has 0 spiro atoms. The molecule has 1 aliphatic carbocycles. The number of hydrogen-bond donors (Lipinski definition) is 3. The molecule has 1 saturated carbocycles. The molecule has 3 aromatic rings. The van der Waals surface area contributed by atoms with E-state index in [-0.39, 0.29) is 24.1 Å². The van der Waals surface area contributed by atoms with Gasteiger partial charge in [-0.2, -0.15) is 0 Å². The molecule has 3 N–H and O–H groups in total. The number of carbonyl (C=O) groups excluding carboxylic acids is 2. The van der Waals surface area contributed by atoms with E-state index in [9.17, 15) is 14.0 Å². The van der Waals surface area contributed by atoms with Crippen LogP contribution in [0.1, 0.15) is 29.7 Å². The standard InChI is InChI=1S/C22H22FN3O2/c1-13-18(19-11-15(23)4-9-20(19)24-13)12-22(28)26-16-5-2-14(3-6-16)10-21(27)25-17-7-8-17/h2-6,9,11,17,24H,7-8,10,12H2,1H3,(H,25,27)(H,26,28). The van der Waals surface area contributed by atoms with Gasteiger partial charge in [0.05, 0.1) is 12.8 Å². The number of benzene rings is 2. The molecule has 28 heavy (non-hydrogen) atoms. The zero-order valence-electron chi connectivity index (χ0n) is 15.6. The molecule has 0 radical (unpaired) electrons. The molecule has 0 bridgehead atoms. The lowest BCUT2D eigenvalue weighted by molar-refractivity contribution is -0.120. The summed E-state index contributed by atoms with van der Waals surface area (Å²) in [5.41, 5.74) is 4.03. The summed E-state index contributed by atoms with van der Waals surface area (Å²) >= 11 is 0. The summed E-state index contributed by atoms with van der Waals surface area (Å²) in [6.07, 6.45) is 2.63. The Kier molecular flexibility index (Phi) is 4.86. The van der Waals surface area contributed by atoms with E-state index in [1.165, 1.54) is 12.1 Å². The second-order valence-corrected chi connectivity index (χ2v) is 7.36. The minimum absolute atomic E-state index is 0.0290. The lowest BCUT2D eigenvalue weighted by Crippen LogP contribution is -2.26. The first-order valence-electron chi connectivity index (χ1n) is 9.43. The molecule has 1 heterocycles. The van der Waals surface area contributed by atoms with Crippen molar-refractivity contribution in [2.24, 2.45) is 0 Å². The first kappa shape index (κ1) is 18.2. The number of aromatic nitrogens is 1. The molecule has 1 aromatic heterocycles. The van der Waals surface area contributed by atoms with Gasteiger partial charge in [-0.25, -0.2) is 4.39 Å². The summed E-state index contributed by atoms with van der Waals surface area (Å²) in [7, 11) is 0. The van der Waals surface area contributed by atoms with Crippen LogP contribution in [0.5, 0.6) is 0 Å². The maximum atomic E-state index is 13.6. The van der Waals surface area contributed by atoms with Gasteiger partial charge in [-0.15, -0.1) is 0 Å². The highest BCUT2D eigenvalue weighted by atomic mass is 19.1. The highest BCUT2D eigenvalue weighted by Gasteiger charge is 2.23. The Morgan fingerprint density at radius 2 is 1.82 bits per heavy atom. The van der Waals surface area contributed by atoms with Gasteiger partial charge in [0.2, 0.25) is 11.8 Å². The number of aryl methyl sites for hydroxylation is 1. The summed E-state index contributed by atoms with van der Waals surface area (Å²) in [5, 5.41) is 6.55. The quantitative estimate of drug-likeness (QED) is 0.612. The van der Waals surface area contributed by atoms with E-state index >= 15 is 0 Å². The van der Waals surface area contributed by atoms with Crippen molar-refractivity contribution in [3.63, 3.8) is 0 Å². The lowest BCUT2D eigenvalue weighted by Gasteiger charge is -2.08. The summed E-state index contributed by atoms with van der Waals surface area (Å²) in [6.45, 7) is 1.88. The molecule has 6 heteroatoms. The molecule has 1 fully saturated rings. The van der Waals surface area contributed by atoms with Crippen molar-refractivity contribution in [3.05, 3.63) is 65.1 Å². The Hall–Kier alpha value is -3.15. The molecular weight excluding hydrogens is 357 g/mol. The number of anilines is 1. The second-order valence-electron chi connectivity index (χ2n) is 7.36. The summed E-state index contributed by atoms with van der Waals surface area (Å²) in [5.74, 6) is -0.469. The number of amides is 2. The van der Waals surface area contributed by atoms with Crippen LogP contribution >= 0.6 is 0 Å². The molecule has 0 atom stereocenters. The van der Waals surface area contributed by atoms with E-state index in [1.807, 2.05) is 19.1 Å². The molecule has 5 nitrogen and oxygen atoms in total. The fourth-order valence-corrected chi connectivity index (χ4v) is 3.35. The van der Waals surface area contributed by atoms with E-state index in [4.69, 9.17) is 0 Å². The van der Waals surface area contributed by atoms with Gasteiger partial charge in [0, 0.05) is 28.3 Å². The van der Waals surface area contributed by atoms with Crippen LogP contribution in [0.25, 0.3) is 10.9 Å². The van der Waals surface area contributed by atoms with Crippen LogP contribution in [-0.2, 0) is 22.4 Å². The number of carbonyl (C=O) groups is 2. The zero-order chi connectivity index (χ0) is 19.7. The van der Waals surface area contributed by atoms with Gasteiger partial charge in [-0.1, -0.05) is 12.1 Å². The maximum absolute atomic E-state index is 13.6. The van der Waals surface area contributed by atoms with Crippen molar-refractivity contribution in [2.75, 3.05) is 5.32 Å². The minimum atomic E-state index is -0.325. The molecule has 2 aromatic carbocycles. The third-order valence-electron chi connectivity index (χ3n) is 4.96. The average molecular weight is 379 g/mol. The Labute approximate surface area is 162 Å². The fraction of sp³-hybridized carbons (Fsp3) is 0.273. The van der Waals surface area contributed by atoms with Crippen molar-refractivity contribution in [1.82, 2.24) is 10.3 Å². The summed E-state index contributed by atoms with van der Waals surface area (Å²) in [4.78, 5) is 27.5. The van der Waals surface area contributed by atoms with E-state index in [1.54, 1.807) is 18.2 Å². The van der Waals surface area contributed by atoms with Crippen LogP contribution in [0.2, 0.25) is 0 Å².